The summed E-state index contributed by atoms with van der Waals surface area (Å²) >= 11 is 12.0. The number of anilines is 1. The summed E-state index contributed by atoms with van der Waals surface area (Å²) < 4.78 is 7.51. The number of aromatic nitrogens is 2. The number of nitrogens with zero attached hydrogens (tertiary/aromatic N) is 2. The molecule has 0 unspecified atom stereocenters. The Kier molecular flexibility index (Phi) is 5.66. The second-order valence-corrected chi connectivity index (χ2v) is 7.83. The molecule has 0 aliphatic heterocycles. The number of hydrogen-bond acceptors (Lipinski definition) is 3. The van der Waals surface area contributed by atoms with Gasteiger partial charge in [0, 0.05) is 28.7 Å². The van der Waals surface area contributed by atoms with Crippen molar-refractivity contribution in [1.29, 1.82) is 0 Å². The standard InChI is InChI=1S/C23H19Cl2N3O2/c1-14-5-6-16(20-12-28-9-3-4-15(2)23(28)27-20)10-19(14)26-22(29)13-30-21-8-7-17(24)11-18(21)25/h3-12H,13H2,1-2H3,(H,26,29). The van der Waals surface area contributed by atoms with Crippen molar-refractivity contribution in [2.24, 2.45) is 0 Å². The molecule has 0 saturated carbocycles. The fourth-order valence-electron chi connectivity index (χ4n) is 3.13. The summed E-state index contributed by atoms with van der Waals surface area (Å²) in [6.45, 7) is 3.79. The lowest BCUT2D eigenvalue weighted by Crippen LogP contribution is -2.20. The van der Waals surface area contributed by atoms with Crippen LogP contribution in [0.2, 0.25) is 10.0 Å². The first-order valence-electron chi connectivity index (χ1n) is 9.34. The van der Waals surface area contributed by atoms with Crippen molar-refractivity contribution in [3.05, 3.63) is 82.1 Å². The van der Waals surface area contributed by atoms with Gasteiger partial charge in [-0.1, -0.05) is 41.4 Å². The summed E-state index contributed by atoms with van der Waals surface area (Å²) in [5, 5.41) is 3.76. The van der Waals surface area contributed by atoms with E-state index in [-0.39, 0.29) is 12.5 Å². The zero-order valence-electron chi connectivity index (χ0n) is 16.4. The number of ether oxygens (including phenoxy) is 1. The Morgan fingerprint density at radius 3 is 2.70 bits per heavy atom. The number of hydrogen-bond donors (Lipinski definition) is 1. The Morgan fingerprint density at radius 2 is 1.93 bits per heavy atom. The van der Waals surface area contributed by atoms with Crippen LogP contribution in [0.5, 0.6) is 5.75 Å². The molecule has 4 aromatic rings. The molecule has 2 heterocycles. The average Bonchev–Trinajstić information content (AvgIpc) is 3.15. The topological polar surface area (TPSA) is 55.6 Å². The molecule has 0 radical (unpaired) electrons. The van der Waals surface area contributed by atoms with Crippen LogP contribution >= 0.6 is 23.2 Å². The first kappa shape index (κ1) is 20.3. The predicted molar refractivity (Wildman–Crippen MR) is 121 cm³/mol. The monoisotopic (exact) mass is 439 g/mol. The third-order valence-corrected chi connectivity index (χ3v) is 5.27. The normalized spacial score (nSPS) is 10.9. The van der Waals surface area contributed by atoms with Crippen molar-refractivity contribution in [3.8, 4) is 17.0 Å². The maximum atomic E-state index is 12.4. The van der Waals surface area contributed by atoms with E-state index in [1.807, 2.05) is 61.0 Å². The maximum absolute atomic E-state index is 12.4. The smallest absolute Gasteiger partial charge is 0.262 e. The van der Waals surface area contributed by atoms with Crippen molar-refractivity contribution in [1.82, 2.24) is 9.38 Å². The highest BCUT2D eigenvalue weighted by molar-refractivity contribution is 6.35. The van der Waals surface area contributed by atoms with Gasteiger partial charge in [-0.05, 0) is 55.3 Å². The van der Waals surface area contributed by atoms with Crippen molar-refractivity contribution in [2.75, 3.05) is 11.9 Å². The summed E-state index contributed by atoms with van der Waals surface area (Å²) in [5.41, 5.74) is 5.41. The molecule has 2 aromatic heterocycles. The van der Waals surface area contributed by atoms with Crippen LogP contribution in [0.3, 0.4) is 0 Å². The number of aryl methyl sites for hydroxylation is 2. The number of imidazole rings is 1. The number of benzene rings is 2. The van der Waals surface area contributed by atoms with Crippen LogP contribution in [0.15, 0.2) is 60.9 Å². The number of carbonyl (C=O) groups is 1. The Balaban J connectivity index is 1.51. The van der Waals surface area contributed by atoms with Crippen LogP contribution in [0, 0.1) is 13.8 Å². The van der Waals surface area contributed by atoms with E-state index in [4.69, 9.17) is 32.9 Å². The van der Waals surface area contributed by atoms with Crippen molar-refractivity contribution in [3.63, 3.8) is 0 Å². The van der Waals surface area contributed by atoms with E-state index >= 15 is 0 Å². The number of carbonyl (C=O) groups excluding carboxylic acids is 1. The largest absolute Gasteiger partial charge is 0.482 e. The van der Waals surface area contributed by atoms with Crippen molar-refractivity contribution >= 4 is 40.4 Å². The van der Waals surface area contributed by atoms with E-state index in [1.54, 1.807) is 18.2 Å². The SMILES string of the molecule is Cc1ccc(-c2cn3cccc(C)c3n2)cc1NC(=O)COc1ccc(Cl)cc1Cl. The lowest BCUT2D eigenvalue weighted by molar-refractivity contribution is -0.118. The van der Waals surface area contributed by atoms with Gasteiger partial charge >= 0.3 is 0 Å². The van der Waals surface area contributed by atoms with E-state index in [9.17, 15) is 4.79 Å². The lowest BCUT2D eigenvalue weighted by Gasteiger charge is -2.11. The molecule has 1 amide bonds. The molecule has 0 saturated heterocycles. The first-order valence-corrected chi connectivity index (χ1v) is 10.1. The van der Waals surface area contributed by atoms with Gasteiger partial charge in [-0.25, -0.2) is 4.98 Å². The summed E-state index contributed by atoms with van der Waals surface area (Å²) in [6.07, 6.45) is 3.94. The molecule has 5 nitrogen and oxygen atoms in total. The van der Waals surface area contributed by atoms with Crippen LogP contribution in [-0.2, 0) is 4.79 Å². The van der Waals surface area contributed by atoms with Gasteiger partial charge in [-0.15, -0.1) is 0 Å². The summed E-state index contributed by atoms with van der Waals surface area (Å²) in [6, 6.07) is 14.7. The van der Waals surface area contributed by atoms with E-state index in [2.05, 4.69) is 5.32 Å². The van der Waals surface area contributed by atoms with Crippen LogP contribution in [0.4, 0.5) is 5.69 Å². The number of halogens is 2. The molecular weight excluding hydrogens is 421 g/mol. The van der Waals surface area contributed by atoms with Crippen LogP contribution in [0.25, 0.3) is 16.9 Å². The van der Waals surface area contributed by atoms with Gasteiger partial charge in [0.2, 0.25) is 0 Å². The van der Waals surface area contributed by atoms with Gasteiger partial charge in [0.05, 0.1) is 10.7 Å². The van der Waals surface area contributed by atoms with Gasteiger partial charge < -0.3 is 14.5 Å². The first-order chi connectivity index (χ1) is 14.4. The molecule has 0 atom stereocenters. The molecule has 2 aromatic carbocycles. The van der Waals surface area contributed by atoms with E-state index in [0.29, 0.717) is 21.5 Å². The molecule has 7 heteroatoms. The molecule has 152 valence electrons. The Bertz CT molecular complexity index is 1250. The van der Waals surface area contributed by atoms with Crippen LogP contribution in [-0.4, -0.2) is 21.9 Å². The quantitative estimate of drug-likeness (QED) is 0.418. The third kappa shape index (κ3) is 4.27. The molecule has 0 aliphatic rings. The molecule has 30 heavy (non-hydrogen) atoms. The number of pyridine rings is 1. The number of rotatable bonds is 5. The zero-order valence-corrected chi connectivity index (χ0v) is 18.0. The highest BCUT2D eigenvalue weighted by Gasteiger charge is 2.11. The van der Waals surface area contributed by atoms with Crippen LogP contribution in [0.1, 0.15) is 11.1 Å². The Hall–Kier alpha value is -3.02. The lowest BCUT2D eigenvalue weighted by atomic mass is 10.1. The summed E-state index contributed by atoms with van der Waals surface area (Å²) in [4.78, 5) is 17.1. The zero-order chi connectivity index (χ0) is 21.3. The fourth-order valence-corrected chi connectivity index (χ4v) is 3.59. The van der Waals surface area contributed by atoms with Gasteiger partial charge in [-0.3, -0.25) is 4.79 Å². The fraction of sp³-hybridized carbons (Fsp3) is 0.130. The van der Waals surface area contributed by atoms with E-state index in [0.717, 1.165) is 28.0 Å². The number of nitrogens with one attached hydrogen (secondary N) is 1. The minimum atomic E-state index is -0.285. The summed E-state index contributed by atoms with van der Waals surface area (Å²) in [5.74, 6) is 0.119. The Morgan fingerprint density at radius 1 is 1.10 bits per heavy atom. The highest BCUT2D eigenvalue weighted by atomic mass is 35.5. The number of fused-ring (bicyclic) bond motifs is 1. The maximum Gasteiger partial charge on any atom is 0.262 e. The minimum absolute atomic E-state index is 0.168. The van der Waals surface area contributed by atoms with Gasteiger partial charge in [0.25, 0.3) is 5.91 Å². The van der Waals surface area contributed by atoms with Crippen LogP contribution < -0.4 is 10.1 Å². The van der Waals surface area contributed by atoms with Crippen molar-refractivity contribution < 1.29 is 9.53 Å². The van der Waals surface area contributed by atoms with E-state index < -0.39 is 0 Å². The Labute approximate surface area is 184 Å². The molecule has 0 fully saturated rings. The second kappa shape index (κ2) is 8.38. The molecule has 4 rings (SSSR count). The van der Waals surface area contributed by atoms with Gasteiger partial charge in [0.15, 0.2) is 6.61 Å². The number of amides is 1. The van der Waals surface area contributed by atoms with Gasteiger partial charge in [0.1, 0.15) is 11.4 Å². The minimum Gasteiger partial charge on any atom is -0.482 e. The van der Waals surface area contributed by atoms with Crippen molar-refractivity contribution in [2.45, 2.75) is 13.8 Å². The molecule has 0 bridgehead atoms. The predicted octanol–water partition coefficient (Wildman–Crippen LogP) is 5.94. The van der Waals surface area contributed by atoms with E-state index in [1.165, 1.54) is 0 Å². The molecular formula is C23H19Cl2N3O2. The third-order valence-electron chi connectivity index (χ3n) is 4.74. The highest BCUT2D eigenvalue weighted by Crippen LogP contribution is 2.28. The van der Waals surface area contributed by atoms with Gasteiger partial charge in [-0.2, -0.15) is 0 Å². The molecule has 1 N–H and O–H groups in total. The molecule has 0 spiro atoms. The second-order valence-electron chi connectivity index (χ2n) is 6.99. The molecule has 0 aliphatic carbocycles. The summed E-state index contributed by atoms with van der Waals surface area (Å²) in [7, 11) is 0. The average molecular weight is 440 g/mol.